The zero-order valence-corrected chi connectivity index (χ0v) is 17.0. The van der Waals surface area contributed by atoms with E-state index in [4.69, 9.17) is 27.9 Å². The largest absolute Gasteiger partial charge is 0.465 e. The average Bonchev–Trinajstić information content (AvgIpc) is 2.92. The minimum atomic E-state index is -0.437. The van der Waals surface area contributed by atoms with E-state index >= 15 is 0 Å². The SMILES string of the molecule is CCOC(=O)Cn1c(=NC(=O)c2ccccc2C)sc2cc(Cl)cc(Cl)c21. The van der Waals surface area contributed by atoms with E-state index in [-0.39, 0.29) is 19.1 Å². The first-order valence-corrected chi connectivity index (χ1v) is 9.76. The highest BCUT2D eigenvalue weighted by atomic mass is 35.5. The second kappa shape index (κ2) is 8.25. The third-order valence-corrected chi connectivity index (χ3v) is 5.39. The number of aromatic nitrogens is 1. The van der Waals surface area contributed by atoms with E-state index in [1.54, 1.807) is 35.8 Å². The molecule has 0 radical (unpaired) electrons. The second-order valence-corrected chi connectivity index (χ2v) is 7.59. The number of aryl methyl sites for hydroxylation is 1. The number of ether oxygens (including phenoxy) is 1. The number of carbonyl (C=O) groups excluding carboxylic acids is 2. The predicted molar refractivity (Wildman–Crippen MR) is 108 cm³/mol. The van der Waals surface area contributed by atoms with E-state index in [0.717, 1.165) is 10.3 Å². The molecule has 0 unspecified atom stereocenters. The van der Waals surface area contributed by atoms with Crippen molar-refractivity contribution in [2.24, 2.45) is 4.99 Å². The lowest BCUT2D eigenvalue weighted by atomic mass is 10.1. The molecule has 140 valence electrons. The van der Waals surface area contributed by atoms with Crippen LogP contribution < -0.4 is 4.80 Å². The van der Waals surface area contributed by atoms with Gasteiger partial charge in [-0.05, 0) is 37.6 Å². The molecule has 3 rings (SSSR count). The number of benzene rings is 2. The van der Waals surface area contributed by atoms with Crippen molar-refractivity contribution in [3.63, 3.8) is 0 Å². The number of halogens is 2. The summed E-state index contributed by atoms with van der Waals surface area (Å²) in [4.78, 5) is 29.3. The molecule has 27 heavy (non-hydrogen) atoms. The normalized spacial score (nSPS) is 11.8. The molecule has 3 aromatic rings. The van der Waals surface area contributed by atoms with Crippen LogP contribution in [0.25, 0.3) is 10.2 Å². The van der Waals surface area contributed by atoms with Crippen molar-refractivity contribution < 1.29 is 14.3 Å². The maximum atomic E-state index is 12.7. The number of hydrogen-bond donors (Lipinski definition) is 0. The Morgan fingerprint density at radius 2 is 1.96 bits per heavy atom. The van der Waals surface area contributed by atoms with Gasteiger partial charge in [-0.1, -0.05) is 52.7 Å². The molecule has 0 N–H and O–H groups in total. The van der Waals surface area contributed by atoms with Crippen molar-refractivity contribution in [1.29, 1.82) is 0 Å². The molecular weight excluding hydrogens is 407 g/mol. The summed E-state index contributed by atoms with van der Waals surface area (Å²) in [6, 6.07) is 10.5. The number of nitrogens with zero attached hydrogens (tertiary/aromatic N) is 2. The van der Waals surface area contributed by atoms with E-state index in [1.807, 2.05) is 19.1 Å². The third kappa shape index (κ3) is 4.24. The van der Waals surface area contributed by atoms with Crippen LogP contribution in [-0.2, 0) is 16.1 Å². The highest BCUT2D eigenvalue weighted by molar-refractivity contribution is 7.16. The van der Waals surface area contributed by atoms with Crippen molar-refractivity contribution in [2.45, 2.75) is 20.4 Å². The molecule has 0 aliphatic carbocycles. The average molecular weight is 423 g/mol. The van der Waals surface area contributed by atoms with E-state index in [1.165, 1.54) is 11.3 Å². The number of esters is 1. The molecular formula is C19H16Cl2N2O3S. The molecule has 0 saturated carbocycles. The summed E-state index contributed by atoms with van der Waals surface area (Å²) in [7, 11) is 0. The molecule has 0 fully saturated rings. The third-order valence-electron chi connectivity index (χ3n) is 3.86. The van der Waals surface area contributed by atoms with Gasteiger partial charge in [0, 0.05) is 10.6 Å². The quantitative estimate of drug-likeness (QED) is 0.576. The van der Waals surface area contributed by atoms with Crippen molar-refractivity contribution >= 4 is 56.6 Å². The molecule has 5 nitrogen and oxygen atoms in total. The standard InChI is InChI=1S/C19H16Cl2N2O3S/c1-3-26-16(24)10-23-17-14(21)8-12(20)9-15(17)27-19(23)22-18(25)13-7-5-4-6-11(13)2/h4-9H,3,10H2,1-2H3. The lowest BCUT2D eigenvalue weighted by Crippen LogP contribution is -2.23. The van der Waals surface area contributed by atoms with Gasteiger partial charge in [-0.15, -0.1) is 0 Å². The van der Waals surface area contributed by atoms with Gasteiger partial charge in [0.15, 0.2) is 4.80 Å². The monoisotopic (exact) mass is 422 g/mol. The highest BCUT2D eigenvalue weighted by Crippen LogP contribution is 2.29. The van der Waals surface area contributed by atoms with Crippen LogP contribution in [0.4, 0.5) is 0 Å². The van der Waals surface area contributed by atoms with Crippen LogP contribution in [0.1, 0.15) is 22.8 Å². The second-order valence-electron chi connectivity index (χ2n) is 5.74. The number of hydrogen-bond acceptors (Lipinski definition) is 4. The fraction of sp³-hybridized carbons (Fsp3) is 0.211. The summed E-state index contributed by atoms with van der Waals surface area (Å²) < 4.78 is 7.36. The van der Waals surface area contributed by atoms with Gasteiger partial charge in [-0.3, -0.25) is 9.59 Å². The van der Waals surface area contributed by atoms with Crippen LogP contribution in [0, 0.1) is 6.92 Å². The topological polar surface area (TPSA) is 60.7 Å². The Morgan fingerprint density at radius 1 is 1.22 bits per heavy atom. The van der Waals surface area contributed by atoms with Crippen molar-refractivity contribution in [3.05, 3.63) is 62.4 Å². The molecule has 0 spiro atoms. The number of thiazole rings is 1. The summed E-state index contributed by atoms with van der Waals surface area (Å²) in [6.07, 6.45) is 0. The minimum Gasteiger partial charge on any atom is -0.465 e. The number of carbonyl (C=O) groups is 2. The molecule has 1 amide bonds. The summed E-state index contributed by atoms with van der Waals surface area (Å²) in [5, 5.41) is 0.844. The first kappa shape index (κ1) is 19.6. The van der Waals surface area contributed by atoms with Gasteiger partial charge in [0.05, 0.1) is 21.8 Å². The Labute approximate surface area is 169 Å². The fourth-order valence-electron chi connectivity index (χ4n) is 2.66. The first-order valence-electron chi connectivity index (χ1n) is 8.19. The lowest BCUT2D eigenvalue weighted by molar-refractivity contribution is -0.143. The Kier molecular flexibility index (Phi) is 5.99. The van der Waals surface area contributed by atoms with Gasteiger partial charge in [-0.25, -0.2) is 0 Å². The minimum absolute atomic E-state index is 0.102. The fourth-order valence-corrected chi connectivity index (χ4v) is 4.47. The molecule has 0 aliphatic rings. The lowest BCUT2D eigenvalue weighted by Gasteiger charge is -2.06. The Morgan fingerprint density at radius 3 is 2.67 bits per heavy atom. The van der Waals surface area contributed by atoms with Crippen LogP contribution in [0.3, 0.4) is 0 Å². The summed E-state index contributed by atoms with van der Waals surface area (Å²) in [6.45, 7) is 3.73. The first-order chi connectivity index (χ1) is 12.9. The van der Waals surface area contributed by atoms with Crippen LogP contribution in [-0.4, -0.2) is 23.1 Å². The van der Waals surface area contributed by atoms with E-state index in [9.17, 15) is 9.59 Å². The summed E-state index contributed by atoms with van der Waals surface area (Å²) in [5.41, 5.74) is 1.92. The Bertz CT molecular complexity index is 1100. The maximum Gasteiger partial charge on any atom is 0.326 e. The molecule has 0 saturated heterocycles. The molecule has 0 aliphatic heterocycles. The van der Waals surface area contributed by atoms with Crippen LogP contribution in [0.15, 0.2) is 41.4 Å². The molecule has 0 bridgehead atoms. The zero-order chi connectivity index (χ0) is 19.6. The van der Waals surface area contributed by atoms with Crippen molar-refractivity contribution in [1.82, 2.24) is 4.57 Å². The van der Waals surface area contributed by atoms with Crippen LogP contribution >= 0.6 is 34.5 Å². The van der Waals surface area contributed by atoms with Gasteiger partial charge in [0.25, 0.3) is 5.91 Å². The van der Waals surface area contributed by atoms with Gasteiger partial charge in [-0.2, -0.15) is 4.99 Å². The van der Waals surface area contributed by atoms with E-state index < -0.39 is 5.97 Å². The molecule has 1 aromatic heterocycles. The maximum absolute atomic E-state index is 12.7. The van der Waals surface area contributed by atoms with E-state index in [2.05, 4.69) is 4.99 Å². The van der Waals surface area contributed by atoms with Crippen LogP contribution in [0.2, 0.25) is 10.0 Å². The summed E-state index contributed by atoms with van der Waals surface area (Å²) >= 11 is 13.7. The highest BCUT2D eigenvalue weighted by Gasteiger charge is 2.16. The summed E-state index contributed by atoms with van der Waals surface area (Å²) in [5.74, 6) is -0.826. The van der Waals surface area contributed by atoms with Crippen molar-refractivity contribution in [2.75, 3.05) is 6.61 Å². The molecule has 2 aromatic carbocycles. The predicted octanol–water partition coefficient (Wildman–Crippen LogP) is 4.62. The van der Waals surface area contributed by atoms with Crippen molar-refractivity contribution in [3.8, 4) is 0 Å². The molecule has 1 heterocycles. The Balaban J connectivity index is 2.19. The van der Waals surface area contributed by atoms with Gasteiger partial charge < -0.3 is 9.30 Å². The van der Waals surface area contributed by atoms with Gasteiger partial charge in [0.2, 0.25) is 0 Å². The van der Waals surface area contributed by atoms with Crippen LogP contribution in [0.5, 0.6) is 0 Å². The molecule has 8 heteroatoms. The smallest absolute Gasteiger partial charge is 0.326 e. The molecule has 0 atom stereocenters. The number of amides is 1. The van der Waals surface area contributed by atoms with Gasteiger partial charge in [0.1, 0.15) is 6.54 Å². The van der Waals surface area contributed by atoms with Gasteiger partial charge >= 0.3 is 5.97 Å². The Hall–Kier alpha value is -2.15. The van der Waals surface area contributed by atoms with E-state index in [0.29, 0.717) is 25.9 Å². The number of rotatable bonds is 4. The number of fused-ring (bicyclic) bond motifs is 1. The zero-order valence-electron chi connectivity index (χ0n) is 14.7.